The van der Waals surface area contributed by atoms with Crippen molar-refractivity contribution in [2.75, 3.05) is 13.1 Å². The maximum Gasteiger partial charge on any atom is 0.262 e. The van der Waals surface area contributed by atoms with Crippen LogP contribution in [0.15, 0.2) is 60.0 Å². The average molecular weight is 431 g/mol. The summed E-state index contributed by atoms with van der Waals surface area (Å²) < 4.78 is 28.7. The van der Waals surface area contributed by atoms with E-state index in [9.17, 15) is 8.42 Å². The highest BCUT2D eigenvalue weighted by atomic mass is 35.5. The van der Waals surface area contributed by atoms with Crippen LogP contribution < -0.4 is 0 Å². The van der Waals surface area contributed by atoms with Crippen LogP contribution in [-0.2, 0) is 23.5 Å². The number of nitrogens with zero attached hydrogens (tertiary/aromatic N) is 4. The Hall–Kier alpha value is -2.22. The molecule has 1 aliphatic rings. The van der Waals surface area contributed by atoms with Crippen molar-refractivity contribution < 1.29 is 8.42 Å². The zero-order chi connectivity index (χ0) is 20.4. The lowest BCUT2D eigenvalue weighted by Gasteiger charge is -2.30. The molecule has 4 rings (SSSR count). The van der Waals surface area contributed by atoms with Crippen LogP contribution in [0.1, 0.15) is 35.7 Å². The van der Waals surface area contributed by atoms with Gasteiger partial charge in [-0.05, 0) is 36.6 Å². The highest BCUT2D eigenvalue weighted by Crippen LogP contribution is 2.30. The van der Waals surface area contributed by atoms with Gasteiger partial charge in [0.05, 0.1) is 6.33 Å². The molecule has 0 saturated carbocycles. The van der Waals surface area contributed by atoms with Crippen LogP contribution >= 0.6 is 11.6 Å². The summed E-state index contributed by atoms with van der Waals surface area (Å²) in [6.07, 6.45) is 5.22. The number of hydrogen-bond acceptors (Lipinski definition) is 4. The second-order valence-electron chi connectivity index (χ2n) is 7.38. The fraction of sp³-hybridized carbons (Fsp3) is 0.333. The normalized spacial score (nSPS) is 16.2. The number of piperidine rings is 1. The molecule has 0 amide bonds. The molecule has 3 heterocycles. The highest BCUT2D eigenvalue weighted by Gasteiger charge is 2.31. The molecule has 0 unspecified atom stereocenters. The predicted octanol–water partition coefficient (Wildman–Crippen LogP) is 3.63. The van der Waals surface area contributed by atoms with E-state index in [2.05, 4.69) is 4.98 Å². The Morgan fingerprint density at radius 2 is 1.86 bits per heavy atom. The molecule has 29 heavy (non-hydrogen) atoms. The number of aryl methyl sites for hydroxylation is 1. The fourth-order valence-electron chi connectivity index (χ4n) is 3.71. The molecule has 8 heteroatoms. The molecule has 0 bridgehead atoms. The Labute approximate surface area is 176 Å². The smallest absolute Gasteiger partial charge is 0.262 e. The van der Waals surface area contributed by atoms with Gasteiger partial charge in [-0.15, -0.1) is 0 Å². The first-order valence-electron chi connectivity index (χ1n) is 9.61. The van der Waals surface area contributed by atoms with Crippen LogP contribution in [0.5, 0.6) is 0 Å². The predicted molar refractivity (Wildman–Crippen MR) is 112 cm³/mol. The number of pyridine rings is 1. The summed E-state index contributed by atoms with van der Waals surface area (Å²) in [5.41, 5.74) is 3.04. The van der Waals surface area contributed by atoms with Crippen molar-refractivity contribution in [3.8, 4) is 0 Å². The molecule has 0 N–H and O–H groups in total. The van der Waals surface area contributed by atoms with Crippen molar-refractivity contribution in [2.45, 2.75) is 30.2 Å². The molecule has 0 atom stereocenters. The van der Waals surface area contributed by atoms with E-state index in [-0.39, 0.29) is 10.9 Å². The lowest BCUT2D eigenvalue weighted by Crippen LogP contribution is -2.38. The third kappa shape index (κ3) is 4.37. The van der Waals surface area contributed by atoms with Gasteiger partial charge in [0.2, 0.25) is 0 Å². The van der Waals surface area contributed by atoms with Gasteiger partial charge in [0.25, 0.3) is 10.0 Å². The van der Waals surface area contributed by atoms with Gasteiger partial charge in [-0.25, -0.2) is 13.4 Å². The van der Waals surface area contributed by atoms with E-state index in [1.807, 2.05) is 42.5 Å². The summed E-state index contributed by atoms with van der Waals surface area (Å²) in [6, 6.07) is 13.9. The minimum Gasteiger partial charge on any atom is -0.339 e. The van der Waals surface area contributed by atoms with Gasteiger partial charge in [0.15, 0.2) is 5.03 Å². The Kier molecular flexibility index (Phi) is 5.72. The number of imidazole rings is 1. The summed E-state index contributed by atoms with van der Waals surface area (Å²) >= 11 is 6.28. The van der Waals surface area contributed by atoms with Gasteiger partial charge in [-0.1, -0.05) is 35.9 Å². The molecular weight excluding hydrogens is 408 g/mol. The van der Waals surface area contributed by atoms with Crippen molar-refractivity contribution in [3.63, 3.8) is 0 Å². The maximum absolute atomic E-state index is 12.8. The van der Waals surface area contributed by atoms with E-state index in [1.165, 1.54) is 10.6 Å². The molecule has 1 fully saturated rings. The van der Waals surface area contributed by atoms with Gasteiger partial charge < -0.3 is 4.57 Å². The van der Waals surface area contributed by atoms with E-state index in [0.29, 0.717) is 19.5 Å². The Bertz CT molecular complexity index is 1110. The molecule has 6 nitrogen and oxygen atoms in total. The van der Waals surface area contributed by atoms with Crippen LogP contribution in [0, 0.1) is 0 Å². The van der Waals surface area contributed by atoms with E-state index in [0.717, 1.165) is 34.8 Å². The largest absolute Gasteiger partial charge is 0.339 e. The lowest BCUT2D eigenvalue weighted by atomic mass is 9.94. The number of rotatable bonds is 5. The van der Waals surface area contributed by atoms with Crippen molar-refractivity contribution in [2.24, 2.45) is 7.05 Å². The molecule has 152 valence electrons. The molecule has 0 spiro atoms. The van der Waals surface area contributed by atoms with Crippen LogP contribution in [0.25, 0.3) is 0 Å². The molecule has 0 radical (unpaired) electrons. The third-order valence-electron chi connectivity index (χ3n) is 5.32. The number of aromatic nitrogens is 3. The van der Waals surface area contributed by atoms with Gasteiger partial charge in [-0.2, -0.15) is 4.31 Å². The third-order valence-corrected chi connectivity index (χ3v) is 7.47. The number of sulfonamides is 1. The maximum atomic E-state index is 12.8. The molecule has 1 saturated heterocycles. The second kappa shape index (κ2) is 8.26. The number of halogens is 1. The van der Waals surface area contributed by atoms with Gasteiger partial charge in [0, 0.05) is 55.1 Å². The molecular formula is C21H23ClN4O2S. The van der Waals surface area contributed by atoms with E-state index in [4.69, 9.17) is 16.6 Å². The molecule has 0 aliphatic carbocycles. The quantitative estimate of drug-likeness (QED) is 0.619. The van der Waals surface area contributed by atoms with Crippen molar-refractivity contribution in [1.82, 2.24) is 18.8 Å². The van der Waals surface area contributed by atoms with Crippen molar-refractivity contribution in [3.05, 3.63) is 77.0 Å². The number of hydrogen-bond donors (Lipinski definition) is 0. The zero-order valence-electron chi connectivity index (χ0n) is 16.2. The Morgan fingerprint density at radius 1 is 1.10 bits per heavy atom. The van der Waals surface area contributed by atoms with Crippen LogP contribution in [0.4, 0.5) is 0 Å². The highest BCUT2D eigenvalue weighted by molar-refractivity contribution is 7.89. The van der Waals surface area contributed by atoms with Crippen molar-refractivity contribution >= 4 is 21.6 Å². The SMILES string of the molecule is Cn1cnc(S(=O)(=O)N2CCC(c3cccc(Cc4ccccc4Cl)n3)CC2)c1. The minimum absolute atomic E-state index is 0.110. The summed E-state index contributed by atoms with van der Waals surface area (Å²) in [5.74, 6) is 0.247. The Balaban J connectivity index is 1.44. The first kappa shape index (κ1) is 20.1. The van der Waals surface area contributed by atoms with Crippen LogP contribution in [0.3, 0.4) is 0 Å². The zero-order valence-corrected chi connectivity index (χ0v) is 17.8. The number of benzene rings is 1. The minimum atomic E-state index is -3.53. The van der Waals surface area contributed by atoms with Gasteiger partial charge in [-0.3, -0.25) is 4.98 Å². The fourth-order valence-corrected chi connectivity index (χ4v) is 5.35. The topological polar surface area (TPSA) is 68.1 Å². The summed E-state index contributed by atoms with van der Waals surface area (Å²) in [7, 11) is -1.77. The second-order valence-corrected chi connectivity index (χ2v) is 9.67. The van der Waals surface area contributed by atoms with Crippen molar-refractivity contribution in [1.29, 1.82) is 0 Å². The first-order valence-corrected chi connectivity index (χ1v) is 11.4. The van der Waals surface area contributed by atoms with E-state index < -0.39 is 10.0 Å². The van der Waals surface area contributed by atoms with Crippen LogP contribution in [0.2, 0.25) is 5.02 Å². The van der Waals surface area contributed by atoms with Gasteiger partial charge >= 0.3 is 0 Å². The van der Waals surface area contributed by atoms with E-state index in [1.54, 1.807) is 17.8 Å². The van der Waals surface area contributed by atoms with Gasteiger partial charge in [0.1, 0.15) is 0 Å². The Morgan fingerprint density at radius 3 is 2.55 bits per heavy atom. The standard InChI is InChI=1S/C21H23ClN4O2S/c1-25-14-21(23-15-25)29(27,28)26-11-9-16(10-12-26)20-8-4-6-18(24-20)13-17-5-2-3-7-19(17)22/h2-8,14-16H,9-13H2,1H3. The average Bonchev–Trinajstić information content (AvgIpc) is 3.17. The molecule has 3 aromatic rings. The summed E-state index contributed by atoms with van der Waals surface area (Å²) in [4.78, 5) is 8.85. The molecule has 2 aromatic heterocycles. The monoisotopic (exact) mass is 430 g/mol. The molecule has 1 aromatic carbocycles. The lowest BCUT2D eigenvalue weighted by molar-refractivity contribution is 0.316. The van der Waals surface area contributed by atoms with Crippen LogP contribution in [-0.4, -0.2) is 40.3 Å². The summed E-state index contributed by atoms with van der Waals surface area (Å²) in [5, 5.41) is 0.853. The van der Waals surface area contributed by atoms with E-state index >= 15 is 0 Å². The first-order chi connectivity index (χ1) is 13.9. The summed E-state index contributed by atoms with van der Waals surface area (Å²) in [6.45, 7) is 0.944. The molecule has 1 aliphatic heterocycles.